The maximum absolute atomic E-state index is 12.7. The van der Waals surface area contributed by atoms with E-state index in [0.717, 1.165) is 6.07 Å². The van der Waals surface area contributed by atoms with Crippen LogP contribution in [0.15, 0.2) is 12.1 Å². The Bertz CT molecular complexity index is 380. The molecule has 0 saturated heterocycles. The third-order valence-corrected chi connectivity index (χ3v) is 1.76. The lowest BCUT2D eigenvalue weighted by atomic mass is 10.1. The Labute approximate surface area is 78.5 Å². The van der Waals surface area contributed by atoms with E-state index in [4.69, 9.17) is 5.73 Å². The predicted octanol–water partition coefficient (Wildman–Crippen LogP) is 1.89. The molecule has 1 aromatic carbocycles. The van der Waals surface area contributed by atoms with Crippen molar-refractivity contribution in [3.05, 3.63) is 39.4 Å². The van der Waals surface area contributed by atoms with Crippen LogP contribution in [0.1, 0.15) is 18.5 Å². The van der Waals surface area contributed by atoms with Crippen molar-refractivity contribution in [3.8, 4) is 0 Å². The van der Waals surface area contributed by atoms with Gasteiger partial charge in [0, 0.05) is 11.6 Å². The molecule has 0 spiro atoms. The quantitative estimate of drug-likeness (QED) is 0.588. The summed E-state index contributed by atoms with van der Waals surface area (Å²) in [6.07, 6.45) is 0. The van der Waals surface area contributed by atoms with Gasteiger partial charge in [0.05, 0.1) is 11.0 Å². The molecule has 0 aliphatic rings. The number of hydrogen-bond acceptors (Lipinski definition) is 3. The Hall–Kier alpha value is -1.56. The van der Waals surface area contributed by atoms with E-state index < -0.39 is 28.3 Å². The fourth-order valence-corrected chi connectivity index (χ4v) is 1.07. The van der Waals surface area contributed by atoms with Crippen LogP contribution >= 0.6 is 0 Å². The summed E-state index contributed by atoms with van der Waals surface area (Å²) in [5.41, 5.74) is 4.86. The molecule has 1 atom stereocenters. The molecule has 0 aliphatic carbocycles. The minimum Gasteiger partial charge on any atom is -0.324 e. The van der Waals surface area contributed by atoms with Gasteiger partial charge in [-0.1, -0.05) is 0 Å². The highest BCUT2D eigenvalue weighted by Gasteiger charge is 2.20. The van der Waals surface area contributed by atoms with Crippen LogP contribution in [0.3, 0.4) is 0 Å². The number of halogens is 2. The molecule has 4 nitrogen and oxygen atoms in total. The summed E-state index contributed by atoms with van der Waals surface area (Å²) >= 11 is 0. The van der Waals surface area contributed by atoms with E-state index in [2.05, 4.69) is 0 Å². The molecule has 2 N–H and O–H groups in total. The molecule has 1 unspecified atom stereocenters. The molecular weight excluding hydrogens is 194 g/mol. The summed E-state index contributed by atoms with van der Waals surface area (Å²) < 4.78 is 25.4. The molecule has 6 heteroatoms. The van der Waals surface area contributed by atoms with E-state index in [-0.39, 0.29) is 5.56 Å². The van der Waals surface area contributed by atoms with Gasteiger partial charge in [-0.25, -0.2) is 8.78 Å². The summed E-state index contributed by atoms with van der Waals surface area (Å²) in [6, 6.07) is 0.567. The van der Waals surface area contributed by atoms with Gasteiger partial charge in [0.15, 0.2) is 11.6 Å². The zero-order chi connectivity index (χ0) is 10.9. The maximum Gasteiger partial charge on any atom is 0.277 e. The third kappa shape index (κ3) is 1.85. The van der Waals surface area contributed by atoms with Gasteiger partial charge in [-0.05, 0) is 13.0 Å². The van der Waals surface area contributed by atoms with Crippen molar-refractivity contribution in [1.82, 2.24) is 0 Å². The van der Waals surface area contributed by atoms with E-state index in [1.807, 2.05) is 0 Å². The molecule has 1 aromatic rings. The lowest BCUT2D eigenvalue weighted by Crippen LogP contribution is -2.09. The summed E-state index contributed by atoms with van der Waals surface area (Å²) in [5, 5.41) is 10.5. The highest BCUT2D eigenvalue weighted by Crippen LogP contribution is 2.26. The fraction of sp³-hybridized carbons (Fsp3) is 0.250. The van der Waals surface area contributed by atoms with Crippen molar-refractivity contribution in [2.75, 3.05) is 0 Å². The minimum atomic E-state index is -1.25. The van der Waals surface area contributed by atoms with Crippen LogP contribution in [0, 0.1) is 21.7 Å². The number of nitrogens with zero attached hydrogens (tertiary/aromatic N) is 1. The van der Waals surface area contributed by atoms with Crippen LogP contribution < -0.4 is 5.73 Å². The first-order valence-corrected chi connectivity index (χ1v) is 3.82. The summed E-state index contributed by atoms with van der Waals surface area (Å²) in [4.78, 5) is 9.66. The number of nitro benzene ring substituents is 1. The molecule has 0 radical (unpaired) electrons. The largest absolute Gasteiger partial charge is 0.324 e. The number of rotatable bonds is 2. The van der Waals surface area contributed by atoms with Crippen LogP contribution in [0.5, 0.6) is 0 Å². The molecule has 0 aliphatic heterocycles. The van der Waals surface area contributed by atoms with Crippen molar-refractivity contribution in [2.45, 2.75) is 13.0 Å². The lowest BCUT2D eigenvalue weighted by Gasteiger charge is -2.06. The van der Waals surface area contributed by atoms with Crippen molar-refractivity contribution in [2.24, 2.45) is 5.73 Å². The van der Waals surface area contributed by atoms with Gasteiger partial charge in [-0.2, -0.15) is 0 Å². The molecule has 0 bridgehead atoms. The average molecular weight is 202 g/mol. The summed E-state index contributed by atoms with van der Waals surface area (Å²) in [6.45, 7) is 1.46. The molecule has 1 rings (SSSR count). The van der Waals surface area contributed by atoms with Crippen molar-refractivity contribution in [3.63, 3.8) is 0 Å². The number of hydrogen-bond donors (Lipinski definition) is 1. The molecular formula is C8H8F2N2O2. The van der Waals surface area contributed by atoms with E-state index >= 15 is 0 Å². The molecule has 0 amide bonds. The molecule has 0 saturated carbocycles. The normalized spacial score (nSPS) is 12.6. The Morgan fingerprint density at radius 2 is 1.93 bits per heavy atom. The van der Waals surface area contributed by atoms with Crippen molar-refractivity contribution in [1.29, 1.82) is 0 Å². The Balaban J connectivity index is 3.39. The highest BCUT2D eigenvalue weighted by atomic mass is 19.2. The molecule has 76 valence electrons. The minimum absolute atomic E-state index is 0.0195. The van der Waals surface area contributed by atoms with Gasteiger partial charge in [0.25, 0.3) is 5.69 Å². The first-order valence-electron chi connectivity index (χ1n) is 3.82. The molecule has 14 heavy (non-hydrogen) atoms. The second kappa shape index (κ2) is 3.67. The first kappa shape index (κ1) is 10.5. The van der Waals surface area contributed by atoms with Crippen LogP contribution in [-0.2, 0) is 0 Å². The number of benzene rings is 1. The van der Waals surface area contributed by atoms with Gasteiger partial charge in [0.2, 0.25) is 0 Å². The van der Waals surface area contributed by atoms with Crippen LogP contribution in [0.2, 0.25) is 0 Å². The molecule has 0 heterocycles. The zero-order valence-electron chi connectivity index (χ0n) is 7.33. The second-order valence-electron chi connectivity index (χ2n) is 2.87. The Kier molecular flexibility index (Phi) is 2.76. The van der Waals surface area contributed by atoms with Gasteiger partial charge in [0.1, 0.15) is 0 Å². The first-order chi connectivity index (χ1) is 6.43. The van der Waals surface area contributed by atoms with E-state index in [0.29, 0.717) is 6.07 Å². The SMILES string of the molecule is CC(N)c1cc(F)c(F)cc1[N+](=O)[O-]. The molecule has 0 aromatic heterocycles. The smallest absolute Gasteiger partial charge is 0.277 e. The van der Waals surface area contributed by atoms with E-state index in [1.54, 1.807) is 0 Å². The third-order valence-electron chi connectivity index (χ3n) is 1.76. The Morgan fingerprint density at radius 1 is 1.43 bits per heavy atom. The van der Waals surface area contributed by atoms with Crippen LogP contribution in [-0.4, -0.2) is 4.92 Å². The number of nitro groups is 1. The van der Waals surface area contributed by atoms with Crippen LogP contribution in [0.4, 0.5) is 14.5 Å². The van der Waals surface area contributed by atoms with Gasteiger partial charge in [-0.3, -0.25) is 10.1 Å². The van der Waals surface area contributed by atoms with E-state index in [1.165, 1.54) is 6.92 Å². The zero-order valence-corrected chi connectivity index (χ0v) is 7.33. The highest BCUT2D eigenvalue weighted by molar-refractivity contribution is 5.42. The topological polar surface area (TPSA) is 69.2 Å². The fourth-order valence-electron chi connectivity index (χ4n) is 1.07. The van der Waals surface area contributed by atoms with Crippen molar-refractivity contribution >= 4 is 5.69 Å². The monoisotopic (exact) mass is 202 g/mol. The van der Waals surface area contributed by atoms with Crippen molar-refractivity contribution < 1.29 is 13.7 Å². The number of nitrogens with two attached hydrogens (primary N) is 1. The lowest BCUT2D eigenvalue weighted by molar-refractivity contribution is -0.385. The van der Waals surface area contributed by atoms with Crippen LogP contribution in [0.25, 0.3) is 0 Å². The Morgan fingerprint density at radius 3 is 2.36 bits per heavy atom. The maximum atomic E-state index is 12.7. The van der Waals surface area contributed by atoms with Gasteiger partial charge >= 0.3 is 0 Å². The standard InChI is InChI=1S/C8H8F2N2O2/c1-4(11)5-2-6(9)7(10)3-8(5)12(13)14/h2-4H,11H2,1H3. The summed E-state index contributed by atoms with van der Waals surface area (Å²) in [5.74, 6) is -2.39. The van der Waals surface area contributed by atoms with Gasteiger partial charge in [-0.15, -0.1) is 0 Å². The average Bonchev–Trinajstić information content (AvgIpc) is 2.08. The second-order valence-corrected chi connectivity index (χ2v) is 2.87. The predicted molar refractivity (Wildman–Crippen MR) is 45.6 cm³/mol. The van der Waals surface area contributed by atoms with E-state index in [9.17, 15) is 18.9 Å². The van der Waals surface area contributed by atoms with Gasteiger partial charge < -0.3 is 5.73 Å². The molecule has 0 fully saturated rings. The summed E-state index contributed by atoms with van der Waals surface area (Å²) in [7, 11) is 0.